The Balaban J connectivity index is 1.37. The monoisotopic (exact) mass is 489 g/mol. The molecule has 0 atom stereocenters. The number of Topliss-reactive ketones (excluding diaryl/α,β-unsaturated/α-hetero) is 1. The van der Waals surface area contributed by atoms with Crippen LogP contribution in [0.3, 0.4) is 0 Å². The van der Waals surface area contributed by atoms with Gasteiger partial charge >= 0.3 is 0 Å². The van der Waals surface area contributed by atoms with E-state index in [1.165, 1.54) is 6.26 Å². The van der Waals surface area contributed by atoms with E-state index >= 15 is 0 Å². The molecule has 0 spiro atoms. The van der Waals surface area contributed by atoms with Gasteiger partial charge in [0.2, 0.25) is 0 Å². The lowest BCUT2D eigenvalue weighted by atomic mass is 9.85. The standard InChI is InChI=1S/C28H27NO5S/c1-3-27(14-15-27)18-25(30)28(12-4-5-13-28)29-26(31)24-17-21-7-6-20(16-23(21)34-24)19-8-10-22(11-9-19)35(2,32)33/h1,6-11,16-17H,4-5,12-15,18H2,2H3,(H,29,31). The highest BCUT2D eigenvalue weighted by molar-refractivity contribution is 7.90. The van der Waals surface area contributed by atoms with Gasteiger partial charge in [-0.05, 0) is 61.1 Å². The van der Waals surface area contributed by atoms with Gasteiger partial charge in [-0.25, -0.2) is 8.42 Å². The Morgan fingerprint density at radius 3 is 2.26 bits per heavy atom. The Hall–Kier alpha value is -3.37. The number of amides is 1. The zero-order valence-corrected chi connectivity index (χ0v) is 20.4. The highest BCUT2D eigenvalue weighted by Crippen LogP contribution is 2.50. The summed E-state index contributed by atoms with van der Waals surface area (Å²) < 4.78 is 29.3. The van der Waals surface area contributed by atoms with Crippen LogP contribution in [-0.4, -0.2) is 31.9 Å². The third-order valence-corrected chi connectivity index (χ3v) is 8.49. The second-order valence-corrected chi connectivity index (χ2v) is 11.9. The van der Waals surface area contributed by atoms with Gasteiger partial charge in [0.05, 0.1) is 10.4 Å². The number of carbonyl (C=O) groups is 2. The molecule has 0 radical (unpaired) electrons. The topological polar surface area (TPSA) is 93.5 Å². The van der Waals surface area contributed by atoms with Crippen LogP contribution < -0.4 is 5.32 Å². The molecule has 2 aliphatic carbocycles. The SMILES string of the molecule is C#CC1(CC(=O)C2(NC(=O)c3cc4ccc(-c5ccc(S(C)(=O)=O)cc5)cc4o3)CCCC2)CC1. The number of terminal acetylenes is 1. The molecule has 3 aromatic rings. The summed E-state index contributed by atoms with van der Waals surface area (Å²) in [7, 11) is -3.27. The van der Waals surface area contributed by atoms with Crippen molar-refractivity contribution in [2.45, 2.75) is 55.4 Å². The lowest BCUT2D eigenvalue weighted by molar-refractivity contribution is -0.125. The van der Waals surface area contributed by atoms with Gasteiger partial charge in [-0.2, -0.15) is 0 Å². The Morgan fingerprint density at radius 1 is 1.00 bits per heavy atom. The number of hydrogen-bond acceptors (Lipinski definition) is 5. The average molecular weight is 490 g/mol. The van der Waals surface area contributed by atoms with Crippen molar-refractivity contribution in [3.63, 3.8) is 0 Å². The summed E-state index contributed by atoms with van der Waals surface area (Å²) in [6.45, 7) is 0. The minimum absolute atomic E-state index is 0.0229. The van der Waals surface area contributed by atoms with Gasteiger partial charge in [0.15, 0.2) is 21.4 Å². The summed E-state index contributed by atoms with van der Waals surface area (Å²) in [6, 6.07) is 13.9. The molecule has 6 nitrogen and oxygen atoms in total. The van der Waals surface area contributed by atoms with Crippen molar-refractivity contribution in [3.8, 4) is 23.5 Å². The van der Waals surface area contributed by atoms with E-state index in [9.17, 15) is 18.0 Å². The predicted molar refractivity (Wildman–Crippen MR) is 134 cm³/mol. The number of sulfone groups is 1. The molecule has 2 saturated carbocycles. The lowest BCUT2D eigenvalue weighted by Crippen LogP contribution is -2.53. The van der Waals surface area contributed by atoms with E-state index < -0.39 is 21.3 Å². The molecular formula is C28H27NO5S. The molecule has 1 amide bonds. The third-order valence-electron chi connectivity index (χ3n) is 7.36. The first-order valence-corrected chi connectivity index (χ1v) is 13.7. The molecule has 35 heavy (non-hydrogen) atoms. The largest absolute Gasteiger partial charge is 0.451 e. The second-order valence-electron chi connectivity index (χ2n) is 9.93. The average Bonchev–Trinajstić information content (AvgIpc) is 3.24. The Bertz CT molecular complexity index is 1460. The summed E-state index contributed by atoms with van der Waals surface area (Å²) >= 11 is 0. The van der Waals surface area contributed by atoms with Gasteiger partial charge in [0, 0.05) is 23.5 Å². The van der Waals surface area contributed by atoms with Gasteiger partial charge in [-0.1, -0.05) is 43.0 Å². The molecule has 2 aromatic carbocycles. The van der Waals surface area contributed by atoms with Crippen LogP contribution >= 0.6 is 0 Å². The highest BCUT2D eigenvalue weighted by Gasteiger charge is 2.49. The van der Waals surface area contributed by atoms with Crippen molar-refractivity contribution in [3.05, 3.63) is 54.3 Å². The summed E-state index contributed by atoms with van der Waals surface area (Å²) in [6.07, 6.45) is 11.9. The van der Waals surface area contributed by atoms with E-state index in [0.717, 1.165) is 42.2 Å². The van der Waals surface area contributed by atoms with Crippen molar-refractivity contribution < 1.29 is 22.4 Å². The number of furan rings is 1. The van der Waals surface area contributed by atoms with Gasteiger partial charge in [0.1, 0.15) is 5.58 Å². The zero-order chi connectivity index (χ0) is 24.8. The fourth-order valence-corrected chi connectivity index (χ4v) is 5.58. The van der Waals surface area contributed by atoms with E-state index in [1.54, 1.807) is 30.3 Å². The van der Waals surface area contributed by atoms with Crippen LogP contribution in [0.1, 0.15) is 55.5 Å². The molecule has 0 saturated heterocycles. The molecule has 0 unspecified atom stereocenters. The molecule has 1 N–H and O–H groups in total. The first-order valence-electron chi connectivity index (χ1n) is 11.8. The first kappa shape index (κ1) is 23.4. The third kappa shape index (κ3) is 4.51. The van der Waals surface area contributed by atoms with Crippen molar-refractivity contribution in [2.24, 2.45) is 5.41 Å². The normalized spacial score (nSPS) is 18.2. The molecule has 1 heterocycles. The van der Waals surface area contributed by atoms with E-state index in [2.05, 4.69) is 11.2 Å². The molecule has 5 rings (SSSR count). The van der Waals surface area contributed by atoms with Gasteiger partial charge < -0.3 is 9.73 Å². The van der Waals surface area contributed by atoms with Crippen molar-refractivity contribution in [1.82, 2.24) is 5.32 Å². The number of hydrogen-bond donors (Lipinski definition) is 1. The molecule has 7 heteroatoms. The smallest absolute Gasteiger partial charge is 0.287 e. The summed E-state index contributed by atoms with van der Waals surface area (Å²) in [5.74, 6) is 2.55. The van der Waals surface area contributed by atoms with Crippen LogP contribution in [0, 0.1) is 17.8 Å². The predicted octanol–water partition coefficient (Wildman–Crippen LogP) is 4.92. The summed E-state index contributed by atoms with van der Waals surface area (Å²) in [4.78, 5) is 26.6. The maximum atomic E-state index is 13.2. The van der Waals surface area contributed by atoms with Crippen LogP contribution in [0.5, 0.6) is 0 Å². The van der Waals surface area contributed by atoms with Crippen molar-refractivity contribution in [2.75, 3.05) is 6.26 Å². The molecule has 180 valence electrons. The first-order chi connectivity index (χ1) is 16.6. The lowest BCUT2D eigenvalue weighted by Gasteiger charge is -2.29. The van der Waals surface area contributed by atoms with Crippen LogP contribution in [0.2, 0.25) is 0 Å². The molecule has 2 aliphatic rings. The van der Waals surface area contributed by atoms with E-state index in [-0.39, 0.29) is 21.9 Å². The fourth-order valence-electron chi connectivity index (χ4n) is 4.95. The Labute approximate surface area is 205 Å². The number of fused-ring (bicyclic) bond motifs is 1. The molecule has 1 aromatic heterocycles. The van der Waals surface area contributed by atoms with Crippen LogP contribution in [0.4, 0.5) is 0 Å². The van der Waals surface area contributed by atoms with E-state index in [4.69, 9.17) is 10.8 Å². The van der Waals surface area contributed by atoms with Gasteiger partial charge in [0.25, 0.3) is 5.91 Å². The molecular weight excluding hydrogens is 462 g/mol. The van der Waals surface area contributed by atoms with Crippen molar-refractivity contribution >= 4 is 32.5 Å². The quantitative estimate of drug-likeness (QED) is 0.476. The number of rotatable bonds is 7. The van der Waals surface area contributed by atoms with E-state index in [1.807, 2.05) is 18.2 Å². The molecule has 0 bridgehead atoms. The number of nitrogens with one attached hydrogen (secondary N) is 1. The minimum atomic E-state index is -3.27. The number of benzene rings is 2. The van der Waals surface area contributed by atoms with E-state index in [0.29, 0.717) is 24.8 Å². The van der Waals surface area contributed by atoms with Crippen molar-refractivity contribution in [1.29, 1.82) is 0 Å². The summed E-state index contributed by atoms with van der Waals surface area (Å²) in [5.41, 5.74) is 1.00. The summed E-state index contributed by atoms with van der Waals surface area (Å²) in [5, 5.41) is 3.77. The van der Waals surface area contributed by atoms with Crippen LogP contribution in [-0.2, 0) is 14.6 Å². The van der Waals surface area contributed by atoms with Gasteiger partial charge in [-0.3, -0.25) is 9.59 Å². The maximum Gasteiger partial charge on any atom is 0.287 e. The van der Waals surface area contributed by atoms with Gasteiger partial charge in [-0.15, -0.1) is 6.42 Å². The molecule has 0 aliphatic heterocycles. The number of carbonyl (C=O) groups excluding carboxylic acids is 2. The Morgan fingerprint density at radius 2 is 1.66 bits per heavy atom. The maximum absolute atomic E-state index is 13.2. The Kier molecular flexibility index (Phi) is 5.60. The number of ketones is 1. The van der Waals surface area contributed by atoms with Crippen LogP contribution in [0.15, 0.2) is 57.8 Å². The minimum Gasteiger partial charge on any atom is -0.451 e. The highest BCUT2D eigenvalue weighted by atomic mass is 32.2. The second kappa shape index (κ2) is 8.39. The van der Waals surface area contributed by atoms with Crippen LogP contribution in [0.25, 0.3) is 22.1 Å². The molecule has 2 fully saturated rings. The zero-order valence-electron chi connectivity index (χ0n) is 19.6. The fraction of sp³-hybridized carbons (Fsp3) is 0.357.